The van der Waals surface area contributed by atoms with Gasteiger partial charge in [-0.25, -0.2) is 0 Å². The third-order valence-corrected chi connectivity index (χ3v) is 5.74. The van der Waals surface area contributed by atoms with Gasteiger partial charge in [0.15, 0.2) is 0 Å². The first-order valence-electron chi connectivity index (χ1n) is 9.31. The van der Waals surface area contributed by atoms with E-state index >= 15 is 0 Å². The fourth-order valence-corrected chi connectivity index (χ4v) is 4.40. The van der Waals surface area contributed by atoms with E-state index in [1.807, 2.05) is 24.3 Å². The number of furan rings is 1. The summed E-state index contributed by atoms with van der Waals surface area (Å²) in [7, 11) is 0. The Balaban J connectivity index is 1.72. The van der Waals surface area contributed by atoms with E-state index in [4.69, 9.17) is 16.0 Å². The molecule has 0 bridgehead atoms. The van der Waals surface area contributed by atoms with Gasteiger partial charge in [0.25, 0.3) is 0 Å². The van der Waals surface area contributed by atoms with E-state index in [9.17, 15) is 0 Å². The smallest absolute Gasteiger partial charge is 0.135 e. The molecule has 0 radical (unpaired) electrons. The average molecular weight is 379 g/mol. The summed E-state index contributed by atoms with van der Waals surface area (Å²) in [6.45, 7) is 0. The first-order valence-corrected chi connectivity index (χ1v) is 9.68. The highest BCUT2D eigenvalue weighted by atomic mass is 35.5. The minimum absolute atomic E-state index is 0.755. The molecule has 0 aliphatic heterocycles. The van der Waals surface area contributed by atoms with E-state index in [0.717, 1.165) is 32.3 Å². The Labute approximate surface area is 166 Å². The van der Waals surface area contributed by atoms with E-state index in [1.54, 1.807) is 0 Å². The molecule has 1 aromatic heterocycles. The largest absolute Gasteiger partial charge is 0.456 e. The molecule has 28 heavy (non-hydrogen) atoms. The van der Waals surface area contributed by atoms with Gasteiger partial charge in [-0.1, -0.05) is 66.2 Å². The van der Waals surface area contributed by atoms with Crippen molar-refractivity contribution in [1.82, 2.24) is 0 Å². The van der Waals surface area contributed by atoms with Gasteiger partial charge in [0.05, 0.1) is 0 Å². The zero-order valence-corrected chi connectivity index (χ0v) is 15.7. The molecule has 0 saturated carbocycles. The van der Waals surface area contributed by atoms with Crippen molar-refractivity contribution in [3.63, 3.8) is 0 Å². The molecule has 0 spiro atoms. The predicted molar refractivity (Wildman–Crippen MR) is 119 cm³/mol. The van der Waals surface area contributed by atoms with E-state index < -0.39 is 0 Å². The molecule has 6 aromatic rings. The number of rotatable bonds is 1. The maximum atomic E-state index is 6.28. The third-order valence-electron chi connectivity index (χ3n) is 5.51. The molecule has 6 rings (SSSR count). The van der Waals surface area contributed by atoms with Crippen molar-refractivity contribution >= 4 is 55.1 Å². The Hall–Kier alpha value is -3.29. The monoisotopic (exact) mass is 378 g/mol. The SMILES string of the molecule is Clc1ccc2c(c1)cc(-c1ccc3oc4ccccc4c3c1)c1ccccc12. The molecule has 0 amide bonds. The maximum absolute atomic E-state index is 6.28. The van der Waals surface area contributed by atoms with Crippen molar-refractivity contribution in [3.8, 4) is 11.1 Å². The fraction of sp³-hybridized carbons (Fsp3) is 0. The van der Waals surface area contributed by atoms with Crippen LogP contribution >= 0.6 is 11.6 Å². The maximum Gasteiger partial charge on any atom is 0.135 e. The molecule has 1 heterocycles. The van der Waals surface area contributed by atoms with Crippen LogP contribution in [0.2, 0.25) is 5.02 Å². The highest BCUT2D eigenvalue weighted by Crippen LogP contribution is 2.38. The molecule has 5 aromatic carbocycles. The van der Waals surface area contributed by atoms with E-state index in [1.165, 1.54) is 27.3 Å². The molecule has 0 aliphatic rings. The standard InChI is InChI=1S/C26H15ClO/c27-18-10-11-19-17(13-18)15-23(21-6-2-1-5-20(19)21)16-9-12-26-24(14-16)22-7-3-4-8-25(22)28-26/h1-15H. The van der Waals surface area contributed by atoms with E-state index in [2.05, 4.69) is 66.7 Å². The predicted octanol–water partition coefficient (Wildman–Crippen LogP) is 8.21. The lowest BCUT2D eigenvalue weighted by Crippen LogP contribution is -1.85. The normalized spacial score (nSPS) is 11.8. The van der Waals surface area contributed by atoms with Gasteiger partial charge in [-0.2, -0.15) is 0 Å². The van der Waals surface area contributed by atoms with Gasteiger partial charge in [-0.15, -0.1) is 0 Å². The highest BCUT2D eigenvalue weighted by Gasteiger charge is 2.12. The molecular weight excluding hydrogens is 364 g/mol. The van der Waals surface area contributed by atoms with Crippen LogP contribution < -0.4 is 0 Å². The summed E-state index contributed by atoms with van der Waals surface area (Å²) in [4.78, 5) is 0. The summed E-state index contributed by atoms with van der Waals surface area (Å²) in [6, 6.07) is 31.5. The number of halogens is 1. The van der Waals surface area contributed by atoms with Gasteiger partial charge in [-0.05, 0) is 69.1 Å². The van der Waals surface area contributed by atoms with Crippen LogP contribution in [0.15, 0.2) is 95.4 Å². The minimum atomic E-state index is 0.755. The molecule has 2 heteroatoms. The van der Waals surface area contributed by atoms with E-state index in [-0.39, 0.29) is 0 Å². The molecule has 0 atom stereocenters. The van der Waals surface area contributed by atoms with Crippen LogP contribution in [0, 0.1) is 0 Å². The number of para-hydroxylation sites is 1. The minimum Gasteiger partial charge on any atom is -0.456 e. The second kappa shape index (κ2) is 5.85. The summed E-state index contributed by atoms with van der Waals surface area (Å²) in [5.74, 6) is 0. The van der Waals surface area contributed by atoms with Gasteiger partial charge in [0, 0.05) is 15.8 Å². The number of hydrogen-bond acceptors (Lipinski definition) is 1. The van der Waals surface area contributed by atoms with Crippen LogP contribution in [0.3, 0.4) is 0 Å². The molecule has 1 nitrogen and oxygen atoms in total. The van der Waals surface area contributed by atoms with Crippen LogP contribution in [-0.2, 0) is 0 Å². The molecule has 0 N–H and O–H groups in total. The summed E-state index contributed by atoms with van der Waals surface area (Å²) in [5.41, 5.74) is 4.22. The molecule has 0 fully saturated rings. The molecule has 0 aliphatic carbocycles. The lowest BCUT2D eigenvalue weighted by atomic mass is 9.93. The molecule has 0 unspecified atom stereocenters. The molecule has 0 saturated heterocycles. The van der Waals surface area contributed by atoms with Crippen molar-refractivity contribution in [2.24, 2.45) is 0 Å². The van der Waals surface area contributed by atoms with Crippen LogP contribution in [0.25, 0.3) is 54.6 Å². The first kappa shape index (κ1) is 15.7. The summed E-state index contributed by atoms with van der Waals surface area (Å²) in [6.07, 6.45) is 0. The highest BCUT2D eigenvalue weighted by molar-refractivity contribution is 6.31. The lowest BCUT2D eigenvalue weighted by Gasteiger charge is -2.11. The first-order chi connectivity index (χ1) is 13.8. The summed E-state index contributed by atoms with van der Waals surface area (Å²) in [5, 5.41) is 7.89. The van der Waals surface area contributed by atoms with Crippen molar-refractivity contribution in [3.05, 3.63) is 96.0 Å². The van der Waals surface area contributed by atoms with Crippen LogP contribution in [0.4, 0.5) is 0 Å². The number of benzene rings is 5. The fourth-order valence-electron chi connectivity index (χ4n) is 4.22. The second-order valence-corrected chi connectivity index (χ2v) is 7.58. The Kier molecular flexibility index (Phi) is 3.29. The quantitative estimate of drug-likeness (QED) is 0.263. The van der Waals surface area contributed by atoms with Crippen molar-refractivity contribution in [2.45, 2.75) is 0 Å². The third kappa shape index (κ3) is 2.27. The van der Waals surface area contributed by atoms with Crippen LogP contribution in [-0.4, -0.2) is 0 Å². The van der Waals surface area contributed by atoms with Gasteiger partial charge in [0.2, 0.25) is 0 Å². The summed E-state index contributed by atoms with van der Waals surface area (Å²) < 4.78 is 6.00. The van der Waals surface area contributed by atoms with Crippen molar-refractivity contribution in [2.75, 3.05) is 0 Å². The second-order valence-electron chi connectivity index (χ2n) is 7.14. The van der Waals surface area contributed by atoms with Gasteiger partial charge < -0.3 is 4.42 Å². The van der Waals surface area contributed by atoms with E-state index in [0.29, 0.717) is 0 Å². The topological polar surface area (TPSA) is 13.1 Å². The Morgan fingerprint density at radius 2 is 1.29 bits per heavy atom. The van der Waals surface area contributed by atoms with Gasteiger partial charge in [0.1, 0.15) is 11.2 Å². The van der Waals surface area contributed by atoms with Gasteiger partial charge in [-0.3, -0.25) is 0 Å². The van der Waals surface area contributed by atoms with Gasteiger partial charge >= 0.3 is 0 Å². The Bertz CT molecular complexity index is 1520. The lowest BCUT2D eigenvalue weighted by molar-refractivity contribution is 0.669. The average Bonchev–Trinajstić information content (AvgIpc) is 3.11. The van der Waals surface area contributed by atoms with Crippen molar-refractivity contribution in [1.29, 1.82) is 0 Å². The van der Waals surface area contributed by atoms with Crippen molar-refractivity contribution < 1.29 is 4.42 Å². The number of hydrogen-bond donors (Lipinski definition) is 0. The molecule has 132 valence electrons. The van der Waals surface area contributed by atoms with Crippen LogP contribution in [0.5, 0.6) is 0 Å². The summed E-state index contributed by atoms with van der Waals surface area (Å²) >= 11 is 6.28. The Morgan fingerprint density at radius 3 is 2.18 bits per heavy atom. The zero-order chi connectivity index (χ0) is 18.7. The van der Waals surface area contributed by atoms with Crippen LogP contribution in [0.1, 0.15) is 0 Å². The number of fused-ring (bicyclic) bond motifs is 6. The zero-order valence-electron chi connectivity index (χ0n) is 14.9. The Morgan fingerprint density at radius 1 is 0.536 bits per heavy atom. The molecular formula is C26H15ClO.